The van der Waals surface area contributed by atoms with Crippen molar-refractivity contribution in [1.29, 1.82) is 0 Å². The first-order valence-corrected chi connectivity index (χ1v) is 7.79. The monoisotopic (exact) mass is 262 g/mol. The van der Waals surface area contributed by atoms with E-state index in [1.165, 1.54) is 12.8 Å². The predicted octanol–water partition coefficient (Wildman–Crippen LogP) is 0.177. The van der Waals surface area contributed by atoms with Gasteiger partial charge in [-0.25, -0.2) is 8.42 Å². The van der Waals surface area contributed by atoms with E-state index in [4.69, 9.17) is 4.74 Å². The molecule has 17 heavy (non-hydrogen) atoms. The molecule has 1 heterocycles. The molecule has 2 unspecified atom stereocenters. The molecule has 0 aromatic rings. The van der Waals surface area contributed by atoms with Gasteiger partial charge >= 0.3 is 0 Å². The van der Waals surface area contributed by atoms with Crippen LogP contribution in [0.1, 0.15) is 26.2 Å². The Hall–Kier alpha value is -0.170. The molecular weight excluding hydrogens is 240 g/mol. The Morgan fingerprint density at radius 1 is 1.41 bits per heavy atom. The van der Waals surface area contributed by atoms with Crippen molar-refractivity contribution in [1.82, 2.24) is 9.62 Å². The van der Waals surface area contributed by atoms with Crippen molar-refractivity contribution in [2.45, 2.75) is 43.6 Å². The first kappa shape index (κ1) is 13.3. The van der Waals surface area contributed by atoms with Crippen LogP contribution in [-0.2, 0) is 14.8 Å². The third-order valence-electron chi connectivity index (χ3n) is 3.58. The van der Waals surface area contributed by atoms with Crippen molar-refractivity contribution >= 4 is 10.0 Å². The van der Waals surface area contributed by atoms with Gasteiger partial charge in [0.15, 0.2) is 0 Å². The Labute approximate surface area is 104 Å². The molecule has 5 nitrogen and oxygen atoms in total. The first-order chi connectivity index (χ1) is 8.04. The molecule has 2 atom stereocenters. The fourth-order valence-corrected chi connectivity index (χ4v) is 3.65. The number of rotatable bonds is 6. The minimum Gasteiger partial charge on any atom is -0.380 e. The lowest BCUT2D eigenvalue weighted by molar-refractivity contribution is 0.115. The number of hydrogen-bond donors (Lipinski definition) is 1. The number of sulfonamides is 1. The standard InChI is InChI=1S/C11H22N2O3S/c1-9(7-12-10-3-4-10)17(14,15)13-6-5-11(8-13)16-2/h9-12H,3-8H2,1-2H3. The van der Waals surface area contributed by atoms with Gasteiger partial charge in [-0.05, 0) is 26.2 Å². The molecule has 6 heteroatoms. The molecule has 0 aromatic heterocycles. The number of nitrogens with zero attached hydrogens (tertiary/aromatic N) is 1. The zero-order valence-electron chi connectivity index (χ0n) is 10.6. The Balaban J connectivity index is 1.87. The summed E-state index contributed by atoms with van der Waals surface area (Å²) in [6, 6.07) is 0.554. The number of ether oxygens (including phenoxy) is 1. The Morgan fingerprint density at radius 2 is 2.12 bits per heavy atom. The first-order valence-electron chi connectivity index (χ1n) is 6.29. The third-order valence-corrected chi connectivity index (χ3v) is 5.82. The summed E-state index contributed by atoms with van der Waals surface area (Å²) in [6.07, 6.45) is 3.23. The van der Waals surface area contributed by atoms with E-state index < -0.39 is 10.0 Å². The zero-order chi connectivity index (χ0) is 12.5. The molecular formula is C11H22N2O3S. The molecule has 100 valence electrons. The van der Waals surface area contributed by atoms with Crippen molar-refractivity contribution in [3.63, 3.8) is 0 Å². The summed E-state index contributed by atoms with van der Waals surface area (Å²) in [5.74, 6) is 0. The summed E-state index contributed by atoms with van der Waals surface area (Å²) in [5, 5.41) is 2.93. The Kier molecular flexibility index (Phi) is 4.07. The fourth-order valence-electron chi connectivity index (χ4n) is 2.10. The SMILES string of the molecule is COC1CCN(S(=O)(=O)C(C)CNC2CC2)C1. The quantitative estimate of drug-likeness (QED) is 0.742. The molecule has 1 saturated carbocycles. The van der Waals surface area contributed by atoms with Gasteiger partial charge in [-0.15, -0.1) is 0 Å². The molecule has 2 rings (SSSR count). The maximum absolute atomic E-state index is 12.3. The summed E-state index contributed by atoms with van der Waals surface area (Å²) in [4.78, 5) is 0. The van der Waals surface area contributed by atoms with E-state index in [1.807, 2.05) is 0 Å². The topological polar surface area (TPSA) is 58.6 Å². The van der Waals surface area contributed by atoms with Crippen molar-refractivity contribution in [2.75, 3.05) is 26.7 Å². The summed E-state index contributed by atoms with van der Waals surface area (Å²) in [5.41, 5.74) is 0. The van der Waals surface area contributed by atoms with E-state index in [0.29, 0.717) is 25.7 Å². The van der Waals surface area contributed by atoms with E-state index >= 15 is 0 Å². The molecule has 2 fully saturated rings. The highest BCUT2D eigenvalue weighted by Gasteiger charge is 2.35. The molecule has 1 N–H and O–H groups in total. The summed E-state index contributed by atoms with van der Waals surface area (Å²) in [6.45, 7) is 3.44. The van der Waals surface area contributed by atoms with Crippen LogP contribution in [-0.4, -0.2) is 56.9 Å². The van der Waals surface area contributed by atoms with Gasteiger partial charge in [0.2, 0.25) is 10.0 Å². The number of nitrogens with one attached hydrogen (secondary N) is 1. The molecule has 0 radical (unpaired) electrons. The average Bonchev–Trinajstić information content (AvgIpc) is 3.00. The van der Waals surface area contributed by atoms with E-state index in [9.17, 15) is 8.42 Å². The normalized spacial score (nSPS) is 28.5. The highest BCUT2D eigenvalue weighted by atomic mass is 32.2. The number of methoxy groups -OCH3 is 1. The van der Waals surface area contributed by atoms with Crippen LogP contribution in [0.4, 0.5) is 0 Å². The summed E-state index contributed by atoms with van der Waals surface area (Å²) < 4.78 is 31.3. The highest BCUT2D eigenvalue weighted by Crippen LogP contribution is 2.21. The maximum Gasteiger partial charge on any atom is 0.218 e. The lowest BCUT2D eigenvalue weighted by Crippen LogP contribution is -2.41. The molecule has 0 spiro atoms. The van der Waals surface area contributed by atoms with E-state index in [-0.39, 0.29) is 11.4 Å². The van der Waals surface area contributed by atoms with Gasteiger partial charge in [-0.1, -0.05) is 0 Å². The van der Waals surface area contributed by atoms with Crippen LogP contribution in [0.15, 0.2) is 0 Å². The minimum absolute atomic E-state index is 0.0633. The summed E-state index contributed by atoms with van der Waals surface area (Å²) in [7, 11) is -1.52. The van der Waals surface area contributed by atoms with E-state index in [1.54, 1.807) is 18.3 Å². The van der Waals surface area contributed by atoms with Crippen LogP contribution in [0.5, 0.6) is 0 Å². The van der Waals surface area contributed by atoms with Crippen LogP contribution in [0.25, 0.3) is 0 Å². The van der Waals surface area contributed by atoms with Gasteiger partial charge in [-0.3, -0.25) is 0 Å². The van der Waals surface area contributed by atoms with Gasteiger partial charge in [0, 0.05) is 32.8 Å². The van der Waals surface area contributed by atoms with Crippen LogP contribution in [0.3, 0.4) is 0 Å². The van der Waals surface area contributed by atoms with Crippen molar-refractivity contribution in [2.24, 2.45) is 0 Å². The molecule has 0 amide bonds. The van der Waals surface area contributed by atoms with Gasteiger partial charge in [-0.2, -0.15) is 4.31 Å². The van der Waals surface area contributed by atoms with Gasteiger partial charge < -0.3 is 10.1 Å². The van der Waals surface area contributed by atoms with Gasteiger partial charge in [0.1, 0.15) is 0 Å². The van der Waals surface area contributed by atoms with Crippen LogP contribution in [0.2, 0.25) is 0 Å². The van der Waals surface area contributed by atoms with Crippen LogP contribution >= 0.6 is 0 Å². The predicted molar refractivity (Wildman–Crippen MR) is 66.4 cm³/mol. The lowest BCUT2D eigenvalue weighted by Gasteiger charge is -2.21. The smallest absolute Gasteiger partial charge is 0.218 e. The molecule has 1 saturated heterocycles. The van der Waals surface area contributed by atoms with E-state index in [0.717, 1.165) is 6.42 Å². The minimum atomic E-state index is -3.16. The maximum atomic E-state index is 12.3. The van der Waals surface area contributed by atoms with Gasteiger partial charge in [0.05, 0.1) is 11.4 Å². The van der Waals surface area contributed by atoms with Crippen molar-refractivity contribution in [3.8, 4) is 0 Å². The second kappa shape index (κ2) is 5.22. The average molecular weight is 262 g/mol. The summed E-state index contributed by atoms with van der Waals surface area (Å²) >= 11 is 0. The Bertz CT molecular complexity index is 354. The molecule has 1 aliphatic heterocycles. The van der Waals surface area contributed by atoms with Crippen molar-refractivity contribution in [3.05, 3.63) is 0 Å². The van der Waals surface area contributed by atoms with Gasteiger partial charge in [0.25, 0.3) is 0 Å². The third kappa shape index (κ3) is 3.19. The Morgan fingerprint density at radius 3 is 2.65 bits per heavy atom. The second-order valence-corrected chi connectivity index (χ2v) is 7.39. The molecule has 0 bridgehead atoms. The molecule has 2 aliphatic rings. The number of hydrogen-bond acceptors (Lipinski definition) is 4. The highest BCUT2D eigenvalue weighted by molar-refractivity contribution is 7.89. The fraction of sp³-hybridized carbons (Fsp3) is 1.00. The molecule has 0 aromatic carbocycles. The van der Waals surface area contributed by atoms with Crippen LogP contribution in [0, 0.1) is 0 Å². The lowest BCUT2D eigenvalue weighted by atomic mass is 10.3. The van der Waals surface area contributed by atoms with Crippen LogP contribution < -0.4 is 5.32 Å². The molecule has 1 aliphatic carbocycles. The van der Waals surface area contributed by atoms with Crippen molar-refractivity contribution < 1.29 is 13.2 Å². The van der Waals surface area contributed by atoms with E-state index in [2.05, 4.69) is 5.32 Å². The second-order valence-electron chi connectivity index (χ2n) is 5.04. The largest absolute Gasteiger partial charge is 0.380 e. The zero-order valence-corrected chi connectivity index (χ0v) is 11.4.